The zero-order valence-electron chi connectivity index (χ0n) is 6.06. The van der Waals surface area contributed by atoms with Crippen LogP contribution in [0.2, 0.25) is 5.02 Å². The summed E-state index contributed by atoms with van der Waals surface area (Å²) >= 11 is 5.81. The summed E-state index contributed by atoms with van der Waals surface area (Å²) in [6, 6.07) is 3.68. The van der Waals surface area contributed by atoms with Crippen LogP contribution in [0.3, 0.4) is 0 Å². The molecule has 0 bridgehead atoms. The molecule has 1 heterocycles. The van der Waals surface area contributed by atoms with Crippen molar-refractivity contribution < 1.29 is 18.1 Å². The van der Waals surface area contributed by atoms with Crippen molar-refractivity contribution in [3.05, 3.63) is 29.0 Å². The Morgan fingerprint density at radius 2 is 2.27 bits per heavy atom. The van der Waals surface area contributed by atoms with Crippen molar-refractivity contribution >= 4 is 11.6 Å². The van der Waals surface area contributed by atoms with Gasteiger partial charge in [0.25, 0.3) is 0 Å². The molecule has 0 amide bonds. The Hall–Kier alpha value is -0.310. The van der Waals surface area contributed by atoms with E-state index in [9.17, 15) is 0 Å². The van der Waals surface area contributed by atoms with Gasteiger partial charge in [0.15, 0.2) is 0 Å². The van der Waals surface area contributed by atoms with E-state index in [1.807, 2.05) is 12.1 Å². The molecule has 0 aliphatic heterocycles. The van der Waals surface area contributed by atoms with E-state index in [1.54, 1.807) is 6.20 Å². The number of halogens is 2. The average molecular weight is 193 g/mol. The van der Waals surface area contributed by atoms with Crippen molar-refractivity contribution in [1.82, 2.24) is 4.98 Å². The minimum atomic E-state index is 0. The van der Waals surface area contributed by atoms with Crippen LogP contribution in [0, 0.1) is 0 Å². The summed E-state index contributed by atoms with van der Waals surface area (Å²) in [5.41, 5.74) is 4.67. The molecule has 4 heteroatoms. The molecular weight excluding hydrogens is 183 g/mol. The van der Waals surface area contributed by atoms with Crippen LogP contribution in [0.1, 0.15) is 5.69 Å². The summed E-state index contributed by atoms with van der Waals surface area (Å²) in [6.45, 7) is 0.844. The fourth-order valence-electron chi connectivity index (χ4n) is 0.770. The van der Waals surface area contributed by atoms with Gasteiger partial charge >= 0.3 is 0 Å². The third-order valence-corrected chi connectivity index (χ3v) is 1.59. The first kappa shape index (κ1) is 10.7. The quantitative estimate of drug-likeness (QED) is 0.555. The van der Waals surface area contributed by atoms with Gasteiger partial charge in [-0.15, -0.1) is 0 Å². The first-order valence-corrected chi connectivity index (χ1v) is 3.61. The molecule has 0 saturated carbocycles. The first-order chi connectivity index (χ1) is 4.84. The van der Waals surface area contributed by atoms with Crippen LogP contribution in [0.5, 0.6) is 0 Å². The number of quaternary nitrogens is 1. The molecule has 0 unspecified atom stereocenters. The fourth-order valence-corrected chi connectivity index (χ4v) is 0.986. The van der Waals surface area contributed by atoms with E-state index >= 15 is 0 Å². The summed E-state index contributed by atoms with van der Waals surface area (Å²) in [5, 5.41) is 0.742. The summed E-state index contributed by atoms with van der Waals surface area (Å²) in [5.74, 6) is 0. The van der Waals surface area contributed by atoms with Gasteiger partial charge in [-0.25, -0.2) is 0 Å². The Bertz CT molecular complexity index is 215. The lowest BCUT2D eigenvalue weighted by Gasteiger charge is -1.96. The molecule has 3 N–H and O–H groups in total. The normalized spacial score (nSPS) is 8.91. The molecule has 0 aliphatic carbocycles. The van der Waals surface area contributed by atoms with E-state index in [2.05, 4.69) is 10.7 Å². The molecule has 0 aliphatic rings. The molecule has 0 radical (unpaired) electrons. The maximum Gasteiger partial charge on any atom is 0.0796 e. The molecule has 1 aromatic rings. The van der Waals surface area contributed by atoms with Crippen LogP contribution in [0.4, 0.5) is 0 Å². The van der Waals surface area contributed by atoms with Crippen LogP contribution in [0.25, 0.3) is 0 Å². The maximum absolute atomic E-state index is 5.81. The van der Waals surface area contributed by atoms with Crippen molar-refractivity contribution in [3.8, 4) is 0 Å². The molecule has 11 heavy (non-hydrogen) atoms. The second kappa shape index (κ2) is 5.35. The Morgan fingerprint density at radius 3 is 2.82 bits per heavy atom. The van der Waals surface area contributed by atoms with Crippen LogP contribution in [-0.2, 0) is 6.42 Å². The van der Waals surface area contributed by atoms with Gasteiger partial charge in [0.2, 0.25) is 0 Å². The lowest BCUT2D eigenvalue weighted by atomic mass is 10.3. The van der Waals surface area contributed by atoms with Gasteiger partial charge in [-0.3, -0.25) is 4.98 Å². The van der Waals surface area contributed by atoms with Gasteiger partial charge in [0.1, 0.15) is 0 Å². The van der Waals surface area contributed by atoms with E-state index in [4.69, 9.17) is 11.6 Å². The van der Waals surface area contributed by atoms with Gasteiger partial charge in [0, 0.05) is 12.6 Å². The highest BCUT2D eigenvalue weighted by Crippen LogP contribution is 2.11. The smallest absolute Gasteiger partial charge is 0.0796 e. The minimum Gasteiger partial charge on any atom is -1.00 e. The monoisotopic (exact) mass is 192 g/mol. The summed E-state index contributed by atoms with van der Waals surface area (Å²) in [6.07, 6.45) is 2.61. The van der Waals surface area contributed by atoms with Gasteiger partial charge in [-0.05, 0) is 12.1 Å². The molecule has 0 atom stereocenters. The molecule has 62 valence electrons. The molecule has 0 spiro atoms. The van der Waals surface area contributed by atoms with E-state index in [1.165, 1.54) is 0 Å². The Kier molecular flexibility index (Phi) is 5.20. The van der Waals surface area contributed by atoms with Gasteiger partial charge in [-0.1, -0.05) is 11.6 Å². The number of hydrogen-bond acceptors (Lipinski definition) is 1. The van der Waals surface area contributed by atoms with Crippen LogP contribution >= 0.6 is 11.6 Å². The molecule has 0 fully saturated rings. The van der Waals surface area contributed by atoms with E-state index in [0.717, 1.165) is 23.7 Å². The largest absolute Gasteiger partial charge is 1.00 e. The average Bonchev–Trinajstić information content (AvgIpc) is 1.94. The number of rotatable bonds is 2. The zero-order chi connectivity index (χ0) is 7.40. The van der Waals surface area contributed by atoms with Gasteiger partial charge in [0.05, 0.1) is 17.3 Å². The van der Waals surface area contributed by atoms with Crippen molar-refractivity contribution in [2.45, 2.75) is 6.42 Å². The highest BCUT2D eigenvalue weighted by Gasteiger charge is 1.97. The minimum absolute atomic E-state index is 0. The summed E-state index contributed by atoms with van der Waals surface area (Å²) in [4.78, 5) is 4.10. The van der Waals surface area contributed by atoms with Crippen molar-refractivity contribution in [2.75, 3.05) is 6.54 Å². The molecule has 0 saturated heterocycles. The fraction of sp³-hybridized carbons (Fsp3) is 0.286. The van der Waals surface area contributed by atoms with Crippen LogP contribution in [-0.4, -0.2) is 11.5 Å². The van der Waals surface area contributed by atoms with Crippen LogP contribution in [0.15, 0.2) is 18.3 Å². The van der Waals surface area contributed by atoms with E-state index < -0.39 is 0 Å². The molecular formula is C7H10Cl2N2. The van der Waals surface area contributed by atoms with Crippen molar-refractivity contribution in [1.29, 1.82) is 0 Å². The van der Waals surface area contributed by atoms with Crippen molar-refractivity contribution in [3.63, 3.8) is 0 Å². The Labute approximate surface area is 77.2 Å². The topological polar surface area (TPSA) is 40.5 Å². The highest BCUT2D eigenvalue weighted by atomic mass is 35.5. The second-order valence-electron chi connectivity index (χ2n) is 2.04. The summed E-state index contributed by atoms with van der Waals surface area (Å²) < 4.78 is 0. The molecule has 2 nitrogen and oxygen atoms in total. The van der Waals surface area contributed by atoms with Crippen LogP contribution < -0.4 is 18.1 Å². The predicted molar refractivity (Wildman–Crippen MR) is 40.7 cm³/mol. The predicted octanol–water partition coefficient (Wildman–Crippen LogP) is -2.48. The SMILES string of the molecule is [Cl-].[NH3+]CCc1ncccc1Cl. The number of nitrogens with zero attached hydrogens (tertiary/aromatic N) is 1. The lowest BCUT2D eigenvalue weighted by Crippen LogP contribution is -3.00. The lowest BCUT2D eigenvalue weighted by molar-refractivity contribution is -0.366. The van der Waals surface area contributed by atoms with Crippen molar-refractivity contribution in [2.24, 2.45) is 0 Å². The van der Waals surface area contributed by atoms with Gasteiger partial charge in [-0.2, -0.15) is 0 Å². The highest BCUT2D eigenvalue weighted by molar-refractivity contribution is 6.31. The Morgan fingerprint density at radius 1 is 1.55 bits per heavy atom. The standard InChI is InChI=1S/C7H9ClN2.ClH/c8-6-2-1-5-10-7(6)3-4-9;/h1-2,5H,3-4,9H2;1H. The molecule has 0 aromatic carbocycles. The van der Waals surface area contributed by atoms with Gasteiger partial charge < -0.3 is 18.1 Å². The molecule has 1 aromatic heterocycles. The number of pyridine rings is 1. The number of aromatic nitrogens is 1. The zero-order valence-corrected chi connectivity index (χ0v) is 7.57. The Balaban J connectivity index is 0.000001000. The maximum atomic E-state index is 5.81. The number of hydrogen-bond donors (Lipinski definition) is 1. The first-order valence-electron chi connectivity index (χ1n) is 3.23. The molecule has 1 rings (SSSR count). The van der Waals surface area contributed by atoms with E-state index in [0.29, 0.717) is 0 Å². The third kappa shape index (κ3) is 3.06. The summed E-state index contributed by atoms with van der Waals surface area (Å²) in [7, 11) is 0. The van der Waals surface area contributed by atoms with E-state index in [-0.39, 0.29) is 12.4 Å². The second-order valence-corrected chi connectivity index (χ2v) is 2.44. The third-order valence-electron chi connectivity index (χ3n) is 1.25.